The molecule has 1 aliphatic heterocycles. The first kappa shape index (κ1) is 26.0. The molecular weight excluding hydrogens is 455 g/mol. The van der Waals surface area contributed by atoms with Gasteiger partial charge in [-0.1, -0.05) is 13.1 Å². The molecule has 1 atom stereocenters. The van der Waals surface area contributed by atoms with Gasteiger partial charge in [0.2, 0.25) is 0 Å². The number of hydrogen-bond donors (Lipinski definition) is 1. The summed E-state index contributed by atoms with van der Waals surface area (Å²) in [4.78, 5) is 14.8. The maximum absolute atomic E-state index is 12.3. The summed E-state index contributed by atoms with van der Waals surface area (Å²) < 4.78 is 3.60. The van der Waals surface area contributed by atoms with E-state index in [1.165, 1.54) is 29.7 Å². The van der Waals surface area contributed by atoms with Crippen LogP contribution in [0.25, 0.3) is 5.70 Å². The maximum atomic E-state index is 12.3. The van der Waals surface area contributed by atoms with Crippen LogP contribution in [0, 0.1) is 0 Å². The Bertz CT molecular complexity index is 798. The molecule has 1 aliphatic carbocycles. The summed E-state index contributed by atoms with van der Waals surface area (Å²) in [5, 5.41) is 0. The summed E-state index contributed by atoms with van der Waals surface area (Å²) in [6.07, 6.45) is 4.96. The van der Waals surface area contributed by atoms with Gasteiger partial charge >= 0.3 is 152 Å². The molecule has 29 heavy (non-hydrogen) atoms. The molecule has 0 aromatic heterocycles. The van der Waals surface area contributed by atoms with Crippen molar-refractivity contribution in [1.29, 1.82) is 0 Å². The molecule has 1 heterocycles. The van der Waals surface area contributed by atoms with Gasteiger partial charge in [-0.25, -0.2) is 0 Å². The largest absolute Gasteiger partial charge is 1.00 e. The minimum Gasteiger partial charge on any atom is -1.00 e. The van der Waals surface area contributed by atoms with Gasteiger partial charge in [0, 0.05) is 9.52 Å². The maximum Gasteiger partial charge on any atom is -1.00 e. The van der Waals surface area contributed by atoms with E-state index in [0.717, 1.165) is 18.7 Å². The van der Waals surface area contributed by atoms with E-state index >= 15 is 0 Å². The van der Waals surface area contributed by atoms with Crippen molar-refractivity contribution in [2.45, 2.75) is 30.2 Å². The van der Waals surface area contributed by atoms with Gasteiger partial charge in [-0.05, 0) is 0 Å². The van der Waals surface area contributed by atoms with E-state index in [1.807, 2.05) is 30.3 Å². The molecule has 1 amide bonds. The number of fused-ring (bicyclic) bond motifs is 1. The van der Waals surface area contributed by atoms with E-state index in [9.17, 15) is 4.79 Å². The van der Waals surface area contributed by atoms with E-state index in [-0.39, 0.29) is 30.7 Å². The van der Waals surface area contributed by atoms with Crippen molar-refractivity contribution in [3.05, 3.63) is 77.4 Å². The third-order valence-electron chi connectivity index (χ3n) is 4.72. The molecule has 2 aromatic rings. The SMILES string of the molecule is C[SiH2]C.O=C([NH][Ti+2][CH]1C=C(N2CCCC2)c2ccccc21)c1ccccc1.[Cl-].[Cl-]. The Morgan fingerprint density at radius 1 is 1.00 bits per heavy atom. The van der Waals surface area contributed by atoms with Crippen molar-refractivity contribution in [2.75, 3.05) is 13.1 Å². The van der Waals surface area contributed by atoms with Gasteiger partial charge in [0.1, 0.15) is 0 Å². The number of carbonyl (C=O) groups excluding carboxylic acids is 1. The molecule has 1 N–H and O–H groups in total. The van der Waals surface area contributed by atoms with E-state index in [2.05, 4.69) is 52.1 Å². The van der Waals surface area contributed by atoms with E-state index in [4.69, 9.17) is 0 Å². The molecule has 2 aliphatic rings. The molecule has 154 valence electrons. The van der Waals surface area contributed by atoms with Gasteiger partial charge < -0.3 is 24.8 Å². The minimum absolute atomic E-state index is 0. The molecule has 0 saturated carbocycles. The van der Waals surface area contributed by atoms with Crippen LogP contribution in [0.1, 0.15) is 38.5 Å². The van der Waals surface area contributed by atoms with Crippen LogP contribution in [0.5, 0.6) is 0 Å². The molecule has 7 heteroatoms. The summed E-state index contributed by atoms with van der Waals surface area (Å²) in [7, 11) is 0.417. The number of amides is 1. The predicted octanol–water partition coefficient (Wildman–Crippen LogP) is -2.14. The van der Waals surface area contributed by atoms with E-state index in [1.54, 1.807) is 0 Å². The third-order valence-corrected chi connectivity index (χ3v) is 6.53. The van der Waals surface area contributed by atoms with Crippen LogP contribution in [-0.2, 0) is 19.4 Å². The first-order valence-electron chi connectivity index (χ1n) is 9.91. The van der Waals surface area contributed by atoms with Crippen LogP contribution < -0.4 is 28.6 Å². The number of allylic oxidation sites excluding steroid dienone is 1. The van der Waals surface area contributed by atoms with Crippen molar-refractivity contribution in [2.24, 2.45) is 0 Å². The van der Waals surface area contributed by atoms with Gasteiger partial charge in [0.25, 0.3) is 0 Å². The Labute approximate surface area is 198 Å². The Kier molecular flexibility index (Phi) is 11.9. The summed E-state index contributed by atoms with van der Waals surface area (Å²) in [5.74, 6) is 0.0519. The number of hydrogen-bond acceptors (Lipinski definition) is 2. The second-order valence-electron chi connectivity index (χ2n) is 6.98. The Morgan fingerprint density at radius 3 is 2.24 bits per heavy atom. The van der Waals surface area contributed by atoms with Crippen molar-refractivity contribution in [1.82, 2.24) is 8.70 Å². The number of nitrogens with zero attached hydrogens (tertiary/aromatic N) is 1. The molecule has 3 nitrogen and oxygen atoms in total. The molecule has 1 fully saturated rings. The summed E-state index contributed by atoms with van der Waals surface area (Å²) >= 11 is -0.632. The van der Waals surface area contributed by atoms with Crippen LogP contribution in [-0.4, -0.2) is 33.4 Å². The number of carbonyl (C=O) groups is 1. The van der Waals surface area contributed by atoms with Crippen molar-refractivity contribution in [3.63, 3.8) is 0 Å². The molecule has 2 aromatic carbocycles. The Hall–Kier alpha value is -1.04. The minimum atomic E-state index is -0.632. The monoisotopic (exact) mass is 482 g/mol. The second kappa shape index (κ2) is 13.3. The Morgan fingerprint density at radius 2 is 1.59 bits per heavy atom. The topological polar surface area (TPSA) is 32.3 Å². The smallest absolute Gasteiger partial charge is 1.00 e. The molecule has 1 unspecified atom stereocenters. The van der Waals surface area contributed by atoms with Gasteiger partial charge in [-0.3, -0.25) is 0 Å². The van der Waals surface area contributed by atoms with Crippen LogP contribution in [0.2, 0.25) is 13.1 Å². The van der Waals surface area contributed by atoms with Crippen LogP contribution >= 0.6 is 0 Å². The fourth-order valence-corrected chi connectivity index (χ4v) is 5.18. The van der Waals surface area contributed by atoms with Crippen molar-refractivity contribution < 1.29 is 49.0 Å². The van der Waals surface area contributed by atoms with E-state index in [0.29, 0.717) is 13.7 Å². The Balaban J connectivity index is 0.000000794. The molecule has 4 rings (SSSR count). The molecular formula is C22H28Cl2N2OSiTi. The first-order valence-corrected chi connectivity index (χ1v) is 14.4. The standard InChI is InChI=1S/C13H14N.C7H7NO.C2H8Si.2ClH.Ti/c1-2-6-12-11(5-1)7-8-13(12)14-9-3-4-10-14;8-7(9)6-4-2-1-3-5-6;1-3-2;;;/h1-2,5-8H,3-4,9-10H2;1-5H,(H2,8,9);3H2,1-2H3;2*1H;/q;;;;;+3/p-3. The quantitative estimate of drug-likeness (QED) is 0.504. The number of nitrogens with one attached hydrogen (secondary N) is 1. The van der Waals surface area contributed by atoms with Crippen LogP contribution in [0.15, 0.2) is 60.7 Å². The first-order chi connectivity index (χ1) is 13.2. The van der Waals surface area contributed by atoms with Crippen LogP contribution in [0.3, 0.4) is 0 Å². The molecule has 1 saturated heterocycles. The third kappa shape index (κ3) is 6.73. The summed E-state index contributed by atoms with van der Waals surface area (Å²) in [6.45, 7) is 6.84. The molecule has 0 spiro atoms. The van der Waals surface area contributed by atoms with Gasteiger partial charge in [0.15, 0.2) is 0 Å². The van der Waals surface area contributed by atoms with Gasteiger partial charge in [-0.2, -0.15) is 0 Å². The average molecular weight is 483 g/mol. The molecule has 0 radical (unpaired) electrons. The van der Waals surface area contributed by atoms with Gasteiger partial charge in [0.05, 0.1) is 0 Å². The number of likely N-dealkylation sites (tertiary alicyclic amines) is 1. The van der Waals surface area contributed by atoms with Crippen molar-refractivity contribution >= 4 is 21.1 Å². The summed E-state index contributed by atoms with van der Waals surface area (Å²) in [6, 6.07) is 18.2. The number of benzene rings is 2. The average Bonchev–Trinajstić information content (AvgIpc) is 3.35. The number of rotatable bonds is 4. The normalized spacial score (nSPS) is 16.1. The predicted molar refractivity (Wildman–Crippen MR) is 112 cm³/mol. The second-order valence-corrected chi connectivity index (χ2v) is 10.2. The summed E-state index contributed by atoms with van der Waals surface area (Å²) in [5.41, 5.74) is 4.87. The van der Waals surface area contributed by atoms with Crippen LogP contribution in [0.4, 0.5) is 0 Å². The zero-order valence-electron chi connectivity index (χ0n) is 17.0. The van der Waals surface area contributed by atoms with E-state index < -0.39 is 19.4 Å². The zero-order valence-corrected chi connectivity index (χ0v) is 21.5. The zero-order chi connectivity index (χ0) is 19.1. The molecule has 0 bridgehead atoms. The van der Waals surface area contributed by atoms with Gasteiger partial charge in [-0.15, -0.1) is 0 Å². The van der Waals surface area contributed by atoms with Crippen molar-refractivity contribution in [3.8, 4) is 0 Å². The fourth-order valence-electron chi connectivity index (χ4n) is 3.50. The fraction of sp³-hybridized carbons (Fsp3) is 0.318. The number of halogens is 2.